The third-order valence-corrected chi connectivity index (χ3v) is 3.30. The van der Waals surface area contributed by atoms with Gasteiger partial charge in [0.15, 0.2) is 6.61 Å². The number of aliphatic carboxylic acids is 1. The topological polar surface area (TPSA) is 148 Å². The van der Waals surface area contributed by atoms with Gasteiger partial charge in [-0.25, -0.2) is 9.59 Å². The molecule has 0 aliphatic heterocycles. The van der Waals surface area contributed by atoms with Crippen LogP contribution in [0.3, 0.4) is 0 Å². The molecule has 0 aliphatic carbocycles. The zero-order valence-corrected chi connectivity index (χ0v) is 13.0. The number of carboxylic acids is 1. The minimum Gasteiger partial charge on any atom is -0.480 e. The standard InChI is InChI=1S/C11H20NO9P/c1-2-3-4-5-10(15)19-8-20-11(16)12-7-22(17,18)21-6-9(13)14/h2-8H2,1H3,(H,12,16)(H,13,14)(H,17,18). The molecule has 11 heteroatoms. The second kappa shape index (κ2) is 11.0. The van der Waals surface area contributed by atoms with E-state index in [0.29, 0.717) is 6.42 Å². The summed E-state index contributed by atoms with van der Waals surface area (Å²) in [5, 5.41) is 10.2. The number of ether oxygens (including phenoxy) is 2. The van der Waals surface area contributed by atoms with Gasteiger partial charge in [-0.1, -0.05) is 19.8 Å². The summed E-state index contributed by atoms with van der Waals surface area (Å²) in [5.74, 6) is -1.94. The van der Waals surface area contributed by atoms with Crippen LogP contribution < -0.4 is 5.32 Å². The van der Waals surface area contributed by atoms with Crippen molar-refractivity contribution in [3.63, 3.8) is 0 Å². The van der Waals surface area contributed by atoms with E-state index < -0.39 is 45.3 Å². The smallest absolute Gasteiger partial charge is 0.410 e. The van der Waals surface area contributed by atoms with E-state index in [4.69, 9.17) is 10.00 Å². The highest BCUT2D eigenvalue weighted by Crippen LogP contribution is 2.39. The molecule has 0 aromatic carbocycles. The summed E-state index contributed by atoms with van der Waals surface area (Å²) in [5.41, 5.74) is 0. The summed E-state index contributed by atoms with van der Waals surface area (Å²) in [6.07, 6.45) is 0.804. The number of esters is 1. The monoisotopic (exact) mass is 341 g/mol. The van der Waals surface area contributed by atoms with E-state index in [2.05, 4.69) is 14.0 Å². The number of hydrogen-bond donors (Lipinski definition) is 3. The Balaban J connectivity index is 3.79. The largest absolute Gasteiger partial charge is 0.480 e. The Morgan fingerprint density at radius 3 is 2.45 bits per heavy atom. The number of rotatable bonds is 11. The first-order valence-electron chi connectivity index (χ1n) is 6.51. The Kier molecular flexibility index (Phi) is 10.2. The van der Waals surface area contributed by atoms with Crippen LogP contribution in [0, 0.1) is 0 Å². The number of alkyl carbamates (subject to hydrolysis) is 1. The van der Waals surface area contributed by atoms with Crippen molar-refractivity contribution < 1.29 is 42.9 Å². The lowest BCUT2D eigenvalue weighted by molar-refractivity contribution is -0.152. The van der Waals surface area contributed by atoms with Crippen molar-refractivity contribution >= 4 is 25.6 Å². The van der Waals surface area contributed by atoms with Gasteiger partial charge >= 0.3 is 25.6 Å². The summed E-state index contributed by atoms with van der Waals surface area (Å²) in [6, 6.07) is 0. The summed E-state index contributed by atoms with van der Waals surface area (Å²) >= 11 is 0. The molecule has 0 spiro atoms. The molecular weight excluding hydrogens is 321 g/mol. The van der Waals surface area contributed by atoms with Gasteiger partial charge in [0, 0.05) is 6.42 Å². The Morgan fingerprint density at radius 1 is 1.18 bits per heavy atom. The van der Waals surface area contributed by atoms with Gasteiger partial charge in [-0.05, 0) is 6.42 Å². The molecule has 0 aromatic rings. The minimum atomic E-state index is -4.27. The summed E-state index contributed by atoms with van der Waals surface area (Å²) in [7, 11) is -4.27. The fourth-order valence-corrected chi connectivity index (χ4v) is 1.89. The van der Waals surface area contributed by atoms with Crippen molar-refractivity contribution in [1.82, 2.24) is 5.32 Å². The first-order chi connectivity index (χ1) is 10.3. The average Bonchev–Trinajstić information content (AvgIpc) is 2.44. The van der Waals surface area contributed by atoms with Gasteiger partial charge in [-0.3, -0.25) is 13.9 Å². The SMILES string of the molecule is CCCCCC(=O)OCOC(=O)NCP(=O)(O)OCC(=O)O. The highest BCUT2D eigenvalue weighted by atomic mass is 31.2. The van der Waals surface area contributed by atoms with Crippen molar-refractivity contribution in [2.75, 3.05) is 19.7 Å². The maximum absolute atomic E-state index is 11.3. The maximum atomic E-state index is 11.3. The molecule has 10 nitrogen and oxygen atoms in total. The van der Waals surface area contributed by atoms with E-state index in [9.17, 15) is 18.9 Å². The van der Waals surface area contributed by atoms with Crippen molar-refractivity contribution in [1.29, 1.82) is 0 Å². The second-order valence-corrected chi connectivity index (χ2v) is 6.01. The number of carbonyl (C=O) groups is 3. The Morgan fingerprint density at radius 2 is 1.86 bits per heavy atom. The quantitative estimate of drug-likeness (QED) is 0.217. The Labute approximate surface area is 127 Å². The van der Waals surface area contributed by atoms with E-state index in [1.54, 1.807) is 0 Å². The molecular formula is C11H20NO9P. The van der Waals surface area contributed by atoms with Crippen LogP contribution in [0.15, 0.2) is 0 Å². The van der Waals surface area contributed by atoms with Crippen molar-refractivity contribution in [3.8, 4) is 0 Å². The van der Waals surface area contributed by atoms with Crippen LogP contribution in [0.1, 0.15) is 32.6 Å². The molecule has 0 saturated carbocycles. The number of unbranched alkanes of at least 4 members (excludes halogenated alkanes) is 2. The molecule has 22 heavy (non-hydrogen) atoms. The van der Waals surface area contributed by atoms with Crippen molar-refractivity contribution in [2.45, 2.75) is 32.6 Å². The Hall–Kier alpha value is -1.64. The molecule has 3 N–H and O–H groups in total. The predicted octanol–water partition coefficient (Wildman–Crippen LogP) is 1.04. The summed E-state index contributed by atoms with van der Waals surface area (Å²) < 4.78 is 24.5. The molecule has 1 unspecified atom stereocenters. The molecule has 0 radical (unpaired) electrons. The lowest BCUT2D eigenvalue weighted by atomic mass is 10.2. The normalized spacial score (nSPS) is 13.0. The highest BCUT2D eigenvalue weighted by Gasteiger charge is 2.22. The number of hydrogen-bond acceptors (Lipinski definition) is 7. The third kappa shape index (κ3) is 12.1. The fraction of sp³-hybridized carbons (Fsp3) is 0.727. The average molecular weight is 341 g/mol. The first-order valence-corrected chi connectivity index (χ1v) is 8.27. The highest BCUT2D eigenvalue weighted by molar-refractivity contribution is 7.52. The fourth-order valence-electron chi connectivity index (χ4n) is 1.16. The number of nitrogens with one attached hydrogen (secondary N) is 1. The van der Waals surface area contributed by atoms with Crippen LogP contribution in [0.5, 0.6) is 0 Å². The summed E-state index contributed by atoms with van der Waals surface area (Å²) in [4.78, 5) is 41.6. The molecule has 0 aliphatic rings. The third-order valence-electron chi connectivity index (χ3n) is 2.21. The van der Waals surface area contributed by atoms with Gasteiger partial charge in [0.05, 0.1) is 0 Å². The van der Waals surface area contributed by atoms with Crippen LogP contribution >= 0.6 is 7.60 Å². The van der Waals surface area contributed by atoms with Crippen molar-refractivity contribution in [2.24, 2.45) is 0 Å². The van der Waals surface area contributed by atoms with E-state index in [0.717, 1.165) is 12.8 Å². The zero-order chi connectivity index (χ0) is 17.0. The van der Waals surface area contributed by atoms with Crippen LogP contribution in [-0.2, 0) is 28.2 Å². The van der Waals surface area contributed by atoms with Gasteiger partial charge < -0.3 is 24.8 Å². The molecule has 1 atom stereocenters. The van der Waals surface area contributed by atoms with Crippen LogP contribution in [0.2, 0.25) is 0 Å². The van der Waals surface area contributed by atoms with Gasteiger partial charge in [0.1, 0.15) is 6.29 Å². The van der Waals surface area contributed by atoms with E-state index in [1.807, 2.05) is 12.2 Å². The second-order valence-electron chi connectivity index (χ2n) is 4.16. The van der Waals surface area contributed by atoms with Gasteiger partial charge in [-0.15, -0.1) is 0 Å². The lowest BCUT2D eigenvalue weighted by Crippen LogP contribution is -2.27. The van der Waals surface area contributed by atoms with Crippen molar-refractivity contribution in [3.05, 3.63) is 0 Å². The van der Waals surface area contributed by atoms with Gasteiger partial charge in [0.25, 0.3) is 0 Å². The number of carbonyl (C=O) groups excluding carboxylic acids is 2. The zero-order valence-electron chi connectivity index (χ0n) is 12.1. The molecule has 0 bridgehead atoms. The molecule has 1 amide bonds. The molecule has 0 rings (SSSR count). The Bertz CT molecular complexity index is 426. The first kappa shape index (κ1) is 20.4. The molecule has 0 fully saturated rings. The molecule has 0 saturated heterocycles. The minimum absolute atomic E-state index is 0.216. The van der Waals surface area contributed by atoms with Crippen LogP contribution in [0.25, 0.3) is 0 Å². The predicted molar refractivity (Wildman–Crippen MR) is 73.0 cm³/mol. The lowest BCUT2D eigenvalue weighted by Gasteiger charge is -2.12. The molecule has 0 heterocycles. The van der Waals surface area contributed by atoms with E-state index >= 15 is 0 Å². The molecule has 128 valence electrons. The molecule has 0 aromatic heterocycles. The van der Waals surface area contributed by atoms with Crippen LogP contribution in [-0.4, -0.2) is 47.7 Å². The van der Waals surface area contributed by atoms with Crippen LogP contribution in [0.4, 0.5) is 4.79 Å². The van der Waals surface area contributed by atoms with Gasteiger partial charge in [-0.2, -0.15) is 0 Å². The number of carboxylic acid groups (broad SMARTS) is 1. The maximum Gasteiger partial charge on any atom is 0.410 e. The van der Waals surface area contributed by atoms with E-state index in [-0.39, 0.29) is 6.42 Å². The number of amides is 1. The van der Waals surface area contributed by atoms with Gasteiger partial charge in [0.2, 0.25) is 6.79 Å². The summed E-state index contributed by atoms with van der Waals surface area (Å²) in [6.45, 7) is 0.390. The van der Waals surface area contributed by atoms with E-state index in [1.165, 1.54) is 0 Å².